The number of imidazole rings is 1. The van der Waals surface area contributed by atoms with Crippen molar-refractivity contribution >= 4 is 50.3 Å². The maximum absolute atomic E-state index is 13.4. The third kappa shape index (κ3) is 4.19. The summed E-state index contributed by atoms with van der Waals surface area (Å²) in [5.74, 6) is 2.31. The number of H-pyrrole nitrogens is 1. The maximum Gasteiger partial charge on any atom is 0.262 e. The minimum Gasteiger partial charge on any atom is -0.341 e. The molecule has 0 spiro atoms. The van der Waals surface area contributed by atoms with Crippen LogP contribution in [0.4, 0.5) is 0 Å². The number of aromatic nitrogens is 4. The first kappa shape index (κ1) is 22.2. The molecule has 1 aliphatic rings. The number of nitrogens with zero attached hydrogens (tertiary/aromatic N) is 3. The number of carbonyl (C=O) groups is 1. The lowest BCUT2D eigenvalue weighted by Crippen LogP contribution is -2.29. The summed E-state index contributed by atoms with van der Waals surface area (Å²) in [6.45, 7) is 2.56. The Morgan fingerprint density at radius 2 is 2.12 bits per heavy atom. The molecule has 172 valence electrons. The summed E-state index contributed by atoms with van der Waals surface area (Å²) in [5, 5.41) is 3.76. The van der Waals surface area contributed by atoms with Crippen LogP contribution >= 0.6 is 23.1 Å². The van der Waals surface area contributed by atoms with Crippen molar-refractivity contribution in [3.8, 4) is 0 Å². The lowest BCUT2D eigenvalue weighted by molar-refractivity contribution is 0.0938. The van der Waals surface area contributed by atoms with Crippen molar-refractivity contribution in [1.29, 1.82) is 0 Å². The van der Waals surface area contributed by atoms with E-state index >= 15 is 0 Å². The van der Waals surface area contributed by atoms with Gasteiger partial charge in [0.2, 0.25) is 0 Å². The Hall–Kier alpha value is -2.65. The number of thiophene rings is 1. The van der Waals surface area contributed by atoms with Gasteiger partial charge < -0.3 is 10.3 Å². The quantitative estimate of drug-likeness (QED) is 0.420. The first-order valence-corrected chi connectivity index (χ1v) is 13.5. The minimum atomic E-state index is -0.243. The topological polar surface area (TPSA) is 92.7 Å². The van der Waals surface area contributed by atoms with Crippen LogP contribution in [-0.4, -0.2) is 37.4 Å². The van der Waals surface area contributed by atoms with Crippen LogP contribution in [-0.2, 0) is 13.0 Å². The van der Waals surface area contributed by atoms with Crippen LogP contribution in [0.15, 0.2) is 29.1 Å². The summed E-state index contributed by atoms with van der Waals surface area (Å²) in [6.07, 6.45) is 6.77. The lowest BCUT2D eigenvalue weighted by Gasteiger charge is -2.16. The van der Waals surface area contributed by atoms with E-state index in [2.05, 4.69) is 16.6 Å². The van der Waals surface area contributed by atoms with Crippen molar-refractivity contribution in [2.24, 2.45) is 0 Å². The van der Waals surface area contributed by atoms with E-state index in [1.54, 1.807) is 11.8 Å². The second kappa shape index (κ2) is 9.30. The van der Waals surface area contributed by atoms with Crippen LogP contribution in [0.2, 0.25) is 0 Å². The molecule has 33 heavy (non-hydrogen) atoms. The molecule has 1 aromatic carbocycles. The van der Waals surface area contributed by atoms with Crippen LogP contribution in [0, 0.1) is 6.92 Å². The molecule has 0 bridgehead atoms. The highest BCUT2D eigenvalue weighted by Crippen LogP contribution is 2.29. The van der Waals surface area contributed by atoms with Gasteiger partial charge in [0.1, 0.15) is 16.5 Å². The summed E-state index contributed by atoms with van der Waals surface area (Å²) in [5.41, 5.74) is 2.54. The first-order chi connectivity index (χ1) is 16.1. The van der Waals surface area contributed by atoms with Gasteiger partial charge in [-0.2, -0.15) is 11.8 Å². The van der Waals surface area contributed by atoms with Gasteiger partial charge in [0.05, 0.1) is 27.3 Å². The number of amides is 1. The third-order valence-corrected chi connectivity index (χ3v) is 8.10. The van der Waals surface area contributed by atoms with E-state index in [9.17, 15) is 9.59 Å². The summed E-state index contributed by atoms with van der Waals surface area (Å²) in [6, 6.07) is 7.62. The number of thioether (sulfide) groups is 1. The average Bonchev–Trinajstić information content (AvgIpc) is 3.29. The fraction of sp³-hybridized carbons (Fsp3) is 0.417. The van der Waals surface area contributed by atoms with Gasteiger partial charge in [-0.05, 0) is 55.9 Å². The number of benzene rings is 1. The highest BCUT2D eigenvalue weighted by atomic mass is 32.2. The van der Waals surface area contributed by atoms with Crippen LogP contribution in [0.1, 0.15) is 58.6 Å². The van der Waals surface area contributed by atoms with Crippen LogP contribution < -0.4 is 10.9 Å². The van der Waals surface area contributed by atoms with Crippen LogP contribution in [0.3, 0.4) is 0 Å². The lowest BCUT2D eigenvalue weighted by atomic mass is 10.1. The molecule has 4 aromatic rings. The largest absolute Gasteiger partial charge is 0.341 e. The van der Waals surface area contributed by atoms with E-state index in [4.69, 9.17) is 9.97 Å². The molecule has 4 heterocycles. The molecule has 0 fully saturated rings. The fourth-order valence-electron chi connectivity index (χ4n) is 4.50. The van der Waals surface area contributed by atoms with Gasteiger partial charge in [0, 0.05) is 13.0 Å². The number of hydrogen-bond acceptors (Lipinski definition) is 6. The Labute approximate surface area is 200 Å². The predicted octanol–water partition coefficient (Wildman–Crippen LogP) is 4.59. The minimum absolute atomic E-state index is 0.0130. The maximum atomic E-state index is 13.4. The second-order valence-electron chi connectivity index (χ2n) is 8.48. The molecule has 0 saturated heterocycles. The Bertz CT molecular complexity index is 1350. The van der Waals surface area contributed by atoms with Crippen molar-refractivity contribution in [3.63, 3.8) is 0 Å². The number of aryl methyl sites for hydroxylation is 2. The fourth-order valence-corrected chi connectivity index (χ4v) is 6.07. The zero-order valence-electron chi connectivity index (χ0n) is 18.8. The van der Waals surface area contributed by atoms with Crippen LogP contribution in [0.5, 0.6) is 0 Å². The van der Waals surface area contributed by atoms with Crippen molar-refractivity contribution in [3.05, 3.63) is 56.7 Å². The number of rotatable bonds is 6. The SMILES string of the molecule is CSCC[C@H](NC(=O)c1sc2nc3n(c(=O)c2c1C)CCCCC3)c1nc2ccccc2[nH]1. The normalized spacial score (nSPS) is 14.8. The monoisotopic (exact) mass is 481 g/mol. The third-order valence-electron chi connectivity index (χ3n) is 6.27. The number of fused-ring (bicyclic) bond motifs is 3. The van der Waals surface area contributed by atoms with E-state index in [1.165, 1.54) is 11.3 Å². The molecule has 1 atom stereocenters. The zero-order chi connectivity index (χ0) is 22.9. The molecule has 1 aliphatic heterocycles. The predicted molar refractivity (Wildman–Crippen MR) is 135 cm³/mol. The molecule has 0 saturated carbocycles. The molecule has 2 N–H and O–H groups in total. The van der Waals surface area contributed by atoms with Gasteiger partial charge in [-0.25, -0.2) is 9.97 Å². The molecule has 3 aromatic heterocycles. The second-order valence-corrected chi connectivity index (χ2v) is 10.5. The van der Waals surface area contributed by atoms with Crippen LogP contribution in [0.25, 0.3) is 21.3 Å². The first-order valence-electron chi connectivity index (χ1n) is 11.3. The molecular weight excluding hydrogens is 454 g/mol. The van der Waals surface area contributed by atoms with Crippen molar-refractivity contribution < 1.29 is 4.79 Å². The Kier molecular flexibility index (Phi) is 6.25. The van der Waals surface area contributed by atoms with Crippen molar-refractivity contribution in [1.82, 2.24) is 24.8 Å². The Balaban J connectivity index is 1.49. The number of para-hydroxylation sites is 2. The van der Waals surface area contributed by atoms with E-state index < -0.39 is 0 Å². The van der Waals surface area contributed by atoms with Gasteiger partial charge in [-0.1, -0.05) is 18.6 Å². The molecule has 1 amide bonds. The van der Waals surface area contributed by atoms with Gasteiger partial charge in [-0.15, -0.1) is 11.3 Å². The summed E-state index contributed by atoms with van der Waals surface area (Å²) in [7, 11) is 0. The van der Waals surface area contributed by atoms with E-state index in [1.807, 2.05) is 35.8 Å². The Morgan fingerprint density at radius 3 is 2.94 bits per heavy atom. The molecule has 9 heteroatoms. The standard InChI is InChI=1S/C24H27N5O2S2/c1-14-19-23(28-18-10-4-3-7-12-29(18)24(19)31)33-20(14)22(30)27-17(11-13-32-2)21-25-15-8-5-6-9-16(15)26-21/h5-6,8-9,17H,3-4,7,10-13H2,1-2H3,(H,25,26)(H,27,30)/t17-/m0/s1. The van der Waals surface area contributed by atoms with E-state index in [-0.39, 0.29) is 17.5 Å². The van der Waals surface area contributed by atoms with Crippen molar-refractivity contribution in [2.75, 3.05) is 12.0 Å². The van der Waals surface area contributed by atoms with Gasteiger partial charge in [0.25, 0.3) is 11.5 Å². The number of nitrogens with one attached hydrogen (secondary N) is 2. The smallest absolute Gasteiger partial charge is 0.262 e. The number of hydrogen-bond donors (Lipinski definition) is 2. The molecule has 0 unspecified atom stereocenters. The zero-order valence-corrected chi connectivity index (χ0v) is 20.4. The molecule has 7 nitrogen and oxygen atoms in total. The summed E-state index contributed by atoms with van der Waals surface area (Å²) < 4.78 is 1.81. The van der Waals surface area contributed by atoms with E-state index in [0.29, 0.717) is 21.6 Å². The number of aromatic amines is 1. The molecule has 5 rings (SSSR count). The molecular formula is C24H27N5O2S2. The average molecular weight is 482 g/mol. The highest BCUT2D eigenvalue weighted by Gasteiger charge is 2.25. The molecule has 0 aliphatic carbocycles. The summed E-state index contributed by atoms with van der Waals surface area (Å²) >= 11 is 3.05. The highest BCUT2D eigenvalue weighted by molar-refractivity contribution is 7.98. The van der Waals surface area contributed by atoms with Crippen molar-refractivity contribution in [2.45, 2.75) is 51.6 Å². The van der Waals surface area contributed by atoms with E-state index in [0.717, 1.165) is 66.1 Å². The van der Waals surface area contributed by atoms with Gasteiger partial charge >= 0.3 is 0 Å². The summed E-state index contributed by atoms with van der Waals surface area (Å²) in [4.78, 5) is 40.7. The van der Waals surface area contributed by atoms with Gasteiger partial charge in [0.15, 0.2) is 0 Å². The number of carbonyl (C=O) groups excluding carboxylic acids is 1. The Morgan fingerprint density at radius 1 is 1.27 bits per heavy atom. The molecule has 0 radical (unpaired) electrons. The van der Waals surface area contributed by atoms with Gasteiger partial charge in [-0.3, -0.25) is 14.2 Å².